The molecule has 110 valence electrons. The summed E-state index contributed by atoms with van der Waals surface area (Å²) in [6, 6.07) is 11.0. The minimum Gasteiger partial charge on any atom is -0.377 e. The van der Waals surface area contributed by atoms with Gasteiger partial charge in [0.15, 0.2) is 0 Å². The van der Waals surface area contributed by atoms with Crippen LogP contribution < -0.4 is 5.32 Å². The van der Waals surface area contributed by atoms with Gasteiger partial charge < -0.3 is 5.32 Å². The van der Waals surface area contributed by atoms with E-state index in [1.54, 1.807) is 11.3 Å². The van der Waals surface area contributed by atoms with Crippen LogP contribution in [0.2, 0.25) is 4.34 Å². The quantitative estimate of drug-likeness (QED) is 0.518. The van der Waals surface area contributed by atoms with Crippen molar-refractivity contribution < 1.29 is 0 Å². The van der Waals surface area contributed by atoms with E-state index in [0.29, 0.717) is 6.04 Å². The van der Waals surface area contributed by atoms with Crippen LogP contribution in [0.1, 0.15) is 29.3 Å². The number of thioether (sulfide) groups is 1. The topological polar surface area (TPSA) is 12.0 Å². The molecule has 0 amide bonds. The lowest BCUT2D eigenvalue weighted by molar-refractivity contribution is 0.608. The van der Waals surface area contributed by atoms with E-state index in [1.165, 1.54) is 33.9 Å². The molecule has 0 saturated carbocycles. The largest absolute Gasteiger partial charge is 0.377 e. The fourth-order valence-corrected chi connectivity index (χ4v) is 4.86. The summed E-state index contributed by atoms with van der Waals surface area (Å²) in [5.74, 6) is 0.929. The standard InChI is InChI=1S/C17H18ClNS2/c1-2-10-20-16-8-4-3-6-14(16)19-13-7-5-9-15-12(13)11-17(18)21-15/h2-4,6,8,11,13,19H,1,5,7,9-10H2. The first-order valence-corrected chi connectivity index (χ1v) is 9.33. The van der Waals surface area contributed by atoms with Gasteiger partial charge in [-0.05, 0) is 43.0 Å². The second-order valence-electron chi connectivity index (χ2n) is 5.11. The normalized spacial score (nSPS) is 17.3. The van der Waals surface area contributed by atoms with Crippen molar-refractivity contribution in [3.05, 3.63) is 57.8 Å². The third-order valence-corrected chi connectivity index (χ3v) is 6.07. The van der Waals surface area contributed by atoms with Crippen molar-refractivity contribution in [2.24, 2.45) is 0 Å². The fourth-order valence-electron chi connectivity index (χ4n) is 2.72. The van der Waals surface area contributed by atoms with Gasteiger partial charge in [-0.1, -0.05) is 29.8 Å². The van der Waals surface area contributed by atoms with Crippen molar-refractivity contribution >= 4 is 40.4 Å². The van der Waals surface area contributed by atoms with E-state index in [2.05, 4.69) is 42.2 Å². The maximum Gasteiger partial charge on any atom is 0.0934 e. The summed E-state index contributed by atoms with van der Waals surface area (Å²) in [6.07, 6.45) is 5.50. The highest BCUT2D eigenvalue weighted by atomic mass is 35.5. The molecular formula is C17H18ClNS2. The third kappa shape index (κ3) is 3.47. The van der Waals surface area contributed by atoms with Crippen LogP contribution in [-0.2, 0) is 6.42 Å². The number of anilines is 1. The average Bonchev–Trinajstić information content (AvgIpc) is 2.88. The number of thiophene rings is 1. The molecule has 1 aliphatic carbocycles. The van der Waals surface area contributed by atoms with Crippen molar-refractivity contribution in [2.45, 2.75) is 30.2 Å². The molecule has 1 heterocycles. The number of hydrogen-bond donors (Lipinski definition) is 1. The second-order valence-corrected chi connectivity index (χ2v) is 7.94. The smallest absolute Gasteiger partial charge is 0.0934 e. The summed E-state index contributed by atoms with van der Waals surface area (Å²) in [7, 11) is 0. The Bertz CT molecular complexity index is 635. The molecule has 1 N–H and O–H groups in total. The molecular weight excluding hydrogens is 318 g/mol. The van der Waals surface area contributed by atoms with E-state index >= 15 is 0 Å². The van der Waals surface area contributed by atoms with Gasteiger partial charge in [0.05, 0.1) is 10.4 Å². The first kappa shape index (κ1) is 15.0. The molecule has 4 heteroatoms. The van der Waals surface area contributed by atoms with E-state index in [1.807, 2.05) is 17.8 Å². The Morgan fingerprint density at radius 3 is 3.14 bits per heavy atom. The monoisotopic (exact) mass is 335 g/mol. The van der Waals surface area contributed by atoms with Crippen LogP contribution in [0.4, 0.5) is 5.69 Å². The van der Waals surface area contributed by atoms with E-state index in [-0.39, 0.29) is 0 Å². The molecule has 0 bridgehead atoms. The van der Waals surface area contributed by atoms with Gasteiger partial charge in [-0.2, -0.15) is 0 Å². The zero-order valence-electron chi connectivity index (χ0n) is 11.8. The highest BCUT2D eigenvalue weighted by molar-refractivity contribution is 7.99. The molecule has 0 radical (unpaired) electrons. The van der Waals surface area contributed by atoms with Crippen molar-refractivity contribution in [2.75, 3.05) is 11.1 Å². The Labute approximate surface area is 139 Å². The highest BCUT2D eigenvalue weighted by Crippen LogP contribution is 2.40. The predicted molar refractivity (Wildman–Crippen MR) is 96.0 cm³/mol. The van der Waals surface area contributed by atoms with Crippen LogP contribution in [0.15, 0.2) is 47.9 Å². The number of rotatable bonds is 5. The summed E-state index contributed by atoms with van der Waals surface area (Å²) in [4.78, 5) is 2.73. The van der Waals surface area contributed by atoms with Crippen LogP contribution in [0.3, 0.4) is 0 Å². The second kappa shape index (κ2) is 6.91. The summed E-state index contributed by atoms with van der Waals surface area (Å²) in [6.45, 7) is 3.80. The number of fused-ring (bicyclic) bond motifs is 1. The van der Waals surface area contributed by atoms with E-state index < -0.39 is 0 Å². The first-order chi connectivity index (χ1) is 10.3. The van der Waals surface area contributed by atoms with Crippen LogP contribution in [0.25, 0.3) is 0 Å². The van der Waals surface area contributed by atoms with Crippen LogP contribution >= 0.6 is 34.7 Å². The number of hydrogen-bond acceptors (Lipinski definition) is 3. The summed E-state index contributed by atoms with van der Waals surface area (Å²) in [5, 5.41) is 3.72. The Hall–Kier alpha value is -0.900. The van der Waals surface area contributed by atoms with E-state index in [9.17, 15) is 0 Å². The Balaban J connectivity index is 1.83. The van der Waals surface area contributed by atoms with Crippen molar-refractivity contribution in [1.82, 2.24) is 0 Å². The molecule has 0 aliphatic heterocycles. The predicted octanol–water partition coefficient (Wildman–Crippen LogP) is 6.17. The Kier molecular flexibility index (Phi) is 4.94. The van der Waals surface area contributed by atoms with Gasteiger partial charge in [-0.3, -0.25) is 0 Å². The number of aryl methyl sites for hydroxylation is 1. The van der Waals surface area contributed by atoms with Gasteiger partial charge in [0.25, 0.3) is 0 Å². The van der Waals surface area contributed by atoms with Gasteiger partial charge in [0.2, 0.25) is 0 Å². The summed E-state index contributed by atoms with van der Waals surface area (Å²) in [5.41, 5.74) is 2.60. The van der Waals surface area contributed by atoms with Gasteiger partial charge in [-0.25, -0.2) is 0 Å². The van der Waals surface area contributed by atoms with Crippen molar-refractivity contribution in [3.63, 3.8) is 0 Å². The minimum absolute atomic E-state index is 0.378. The molecule has 1 aromatic carbocycles. The van der Waals surface area contributed by atoms with Crippen LogP contribution in [-0.4, -0.2) is 5.75 Å². The lowest BCUT2D eigenvalue weighted by atomic mass is 9.94. The van der Waals surface area contributed by atoms with Crippen LogP contribution in [0.5, 0.6) is 0 Å². The zero-order valence-corrected chi connectivity index (χ0v) is 14.2. The molecule has 2 aromatic rings. The maximum absolute atomic E-state index is 6.19. The lowest BCUT2D eigenvalue weighted by Gasteiger charge is -2.25. The molecule has 1 atom stereocenters. The molecule has 1 unspecified atom stereocenters. The number of benzene rings is 1. The molecule has 3 rings (SSSR count). The molecule has 1 aromatic heterocycles. The summed E-state index contributed by atoms with van der Waals surface area (Å²) >= 11 is 9.74. The van der Waals surface area contributed by atoms with Crippen molar-refractivity contribution in [1.29, 1.82) is 0 Å². The Morgan fingerprint density at radius 2 is 2.29 bits per heavy atom. The molecule has 0 fully saturated rings. The molecule has 0 spiro atoms. The van der Waals surface area contributed by atoms with E-state index in [4.69, 9.17) is 11.6 Å². The summed E-state index contributed by atoms with van der Waals surface area (Å²) < 4.78 is 0.906. The third-order valence-electron chi connectivity index (χ3n) is 3.66. The average molecular weight is 336 g/mol. The lowest BCUT2D eigenvalue weighted by Crippen LogP contribution is -2.16. The molecule has 21 heavy (non-hydrogen) atoms. The number of halogens is 1. The fraction of sp³-hybridized carbons (Fsp3) is 0.294. The maximum atomic E-state index is 6.19. The van der Waals surface area contributed by atoms with Crippen molar-refractivity contribution in [3.8, 4) is 0 Å². The molecule has 1 aliphatic rings. The van der Waals surface area contributed by atoms with E-state index in [0.717, 1.165) is 16.5 Å². The highest BCUT2D eigenvalue weighted by Gasteiger charge is 2.23. The minimum atomic E-state index is 0.378. The van der Waals surface area contributed by atoms with Gasteiger partial charge in [0.1, 0.15) is 0 Å². The molecule has 1 nitrogen and oxygen atoms in total. The number of nitrogens with one attached hydrogen (secondary N) is 1. The van der Waals surface area contributed by atoms with Crippen LogP contribution in [0, 0.1) is 0 Å². The zero-order chi connectivity index (χ0) is 14.7. The molecule has 0 saturated heterocycles. The Morgan fingerprint density at radius 1 is 1.43 bits per heavy atom. The number of para-hydroxylation sites is 1. The van der Waals surface area contributed by atoms with Gasteiger partial charge in [-0.15, -0.1) is 29.7 Å². The SMILES string of the molecule is C=CCSc1ccccc1NC1CCCc2sc(Cl)cc21. The van der Waals surface area contributed by atoms with Gasteiger partial charge in [0, 0.05) is 21.2 Å². The first-order valence-electron chi connectivity index (χ1n) is 7.15. The van der Waals surface area contributed by atoms with Gasteiger partial charge >= 0.3 is 0 Å².